The van der Waals surface area contributed by atoms with Crippen LogP contribution in [0.3, 0.4) is 0 Å². The molecule has 0 radical (unpaired) electrons. The predicted molar refractivity (Wildman–Crippen MR) is 158 cm³/mol. The van der Waals surface area contributed by atoms with Crippen molar-refractivity contribution in [1.82, 2.24) is 0 Å². The lowest BCUT2D eigenvalue weighted by Crippen LogP contribution is -2.52. The fraction of sp³-hybridized carbons (Fsp3) is 0.235. The summed E-state index contributed by atoms with van der Waals surface area (Å²) >= 11 is 0. The fourth-order valence-electron chi connectivity index (χ4n) is 5.93. The summed E-state index contributed by atoms with van der Waals surface area (Å²) in [4.78, 5) is 28.6. The quantitative estimate of drug-likeness (QED) is 0.290. The van der Waals surface area contributed by atoms with E-state index in [2.05, 4.69) is 0 Å². The molecule has 10 nitrogen and oxygen atoms in total. The molecule has 10 heteroatoms. The van der Waals surface area contributed by atoms with Crippen molar-refractivity contribution in [3.05, 3.63) is 95.1 Å². The zero-order valence-corrected chi connectivity index (χ0v) is 24.4. The van der Waals surface area contributed by atoms with Gasteiger partial charge in [0.15, 0.2) is 23.8 Å². The molecule has 0 fully saturated rings. The number of benzene rings is 4. The third kappa shape index (κ3) is 4.78. The molecule has 2 heterocycles. The molecule has 4 aromatic rings. The van der Waals surface area contributed by atoms with Gasteiger partial charge in [-0.25, -0.2) is 0 Å². The standard InChI is InChI=1S/C34H30O10/c1-39-19-9-5-17(6-10-19)27-31(37)29-23(35)13-21(41-3)15-25(29)43-33(27)34-28(18-7-11-20(40-2)12-8-18)32(38)30-24(36)14-22(42-4)16-26(30)44-34/h5-16,27-28,33-36H,1-4H3/t27-,28-,33-,34-/m0/s1. The first kappa shape index (κ1) is 28.7. The van der Waals surface area contributed by atoms with Gasteiger partial charge in [-0.3, -0.25) is 9.59 Å². The van der Waals surface area contributed by atoms with Crippen LogP contribution in [-0.4, -0.2) is 62.4 Å². The van der Waals surface area contributed by atoms with Crippen LogP contribution >= 0.6 is 0 Å². The normalized spacial score (nSPS) is 20.5. The average molecular weight is 599 g/mol. The Morgan fingerprint density at radius 3 is 1.18 bits per heavy atom. The third-order valence-corrected chi connectivity index (χ3v) is 8.10. The second-order valence-electron chi connectivity index (χ2n) is 10.4. The molecule has 0 unspecified atom stereocenters. The summed E-state index contributed by atoms with van der Waals surface area (Å²) in [5.74, 6) is -1.56. The first-order chi connectivity index (χ1) is 21.3. The SMILES string of the molecule is COc1ccc([C@H]2C(=O)c3c(O)cc(OC)cc3O[C@@H]2[C@H]2Oc3cc(OC)cc(O)c3C(=O)[C@@H]2c2ccc(OC)cc2)cc1. The van der Waals surface area contributed by atoms with Crippen molar-refractivity contribution < 1.29 is 48.2 Å². The van der Waals surface area contributed by atoms with Crippen molar-refractivity contribution in [2.75, 3.05) is 28.4 Å². The molecular weight excluding hydrogens is 568 g/mol. The third-order valence-electron chi connectivity index (χ3n) is 8.10. The van der Waals surface area contributed by atoms with Crippen molar-refractivity contribution in [2.45, 2.75) is 24.0 Å². The van der Waals surface area contributed by atoms with Crippen molar-refractivity contribution >= 4 is 11.6 Å². The van der Waals surface area contributed by atoms with Gasteiger partial charge in [0.2, 0.25) is 0 Å². The topological polar surface area (TPSA) is 130 Å². The molecule has 0 aliphatic carbocycles. The van der Waals surface area contributed by atoms with Crippen molar-refractivity contribution in [2.24, 2.45) is 0 Å². The van der Waals surface area contributed by atoms with Crippen LogP contribution in [0.15, 0.2) is 72.8 Å². The van der Waals surface area contributed by atoms with Crippen LogP contribution in [0, 0.1) is 0 Å². The van der Waals surface area contributed by atoms with E-state index in [0.717, 1.165) is 0 Å². The average Bonchev–Trinajstić information content (AvgIpc) is 3.04. The molecule has 0 aromatic heterocycles. The van der Waals surface area contributed by atoms with E-state index in [0.29, 0.717) is 22.6 Å². The highest BCUT2D eigenvalue weighted by Gasteiger charge is 2.52. The number of aromatic hydroxyl groups is 2. The molecule has 2 N–H and O–H groups in total. The molecular formula is C34H30O10. The number of rotatable bonds is 7. The fourth-order valence-corrected chi connectivity index (χ4v) is 5.93. The van der Waals surface area contributed by atoms with Gasteiger partial charge in [-0.2, -0.15) is 0 Å². The lowest BCUT2D eigenvalue weighted by Gasteiger charge is -2.42. The number of ether oxygens (including phenoxy) is 6. The Hall–Kier alpha value is -5.38. The summed E-state index contributed by atoms with van der Waals surface area (Å²) in [5, 5.41) is 21.8. The number of ketones is 2. The van der Waals surface area contributed by atoms with Crippen LogP contribution in [0.25, 0.3) is 0 Å². The molecule has 226 valence electrons. The highest BCUT2D eigenvalue weighted by Crippen LogP contribution is 2.50. The number of carbonyl (C=O) groups is 2. The van der Waals surface area contributed by atoms with E-state index in [-0.39, 0.29) is 45.6 Å². The summed E-state index contributed by atoms with van der Waals surface area (Å²) in [6, 6.07) is 19.5. The lowest BCUT2D eigenvalue weighted by atomic mass is 9.74. The van der Waals surface area contributed by atoms with Crippen molar-refractivity contribution in [3.63, 3.8) is 0 Å². The summed E-state index contributed by atoms with van der Waals surface area (Å²) < 4.78 is 34.4. The van der Waals surface area contributed by atoms with E-state index in [1.54, 1.807) is 48.5 Å². The number of hydrogen-bond donors (Lipinski definition) is 2. The van der Waals surface area contributed by atoms with E-state index in [4.69, 9.17) is 28.4 Å². The minimum absolute atomic E-state index is 0.00860. The predicted octanol–water partition coefficient (Wildman–Crippen LogP) is 5.29. The molecule has 0 bridgehead atoms. The molecule has 2 aliphatic rings. The highest BCUT2D eigenvalue weighted by atomic mass is 16.6. The van der Waals surface area contributed by atoms with E-state index < -0.39 is 35.6 Å². The van der Waals surface area contributed by atoms with Crippen LogP contribution in [-0.2, 0) is 0 Å². The minimum Gasteiger partial charge on any atom is -0.507 e. The van der Waals surface area contributed by atoms with Crippen molar-refractivity contribution in [3.8, 4) is 46.0 Å². The Morgan fingerprint density at radius 2 is 0.864 bits per heavy atom. The molecule has 0 saturated carbocycles. The van der Waals surface area contributed by atoms with Gasteiger partial charge in [-0.1, -0.05) is 24.3 Å². The second-order valence-corrected chi connectivity index (χ2v) is 10.4. The monoisotopic (exact) mass is 598 g/mol. The largest absolute Gasteiger partial charge is 0.507 e. The Labute approximate surface area is 253 Å². The zero-order valence-electron chi connectivity index (χ0n) is 24.4. The molecule has 0 amide bonds. The highest BCUT2D eigenvalue weighted by molar-refractivity contribution is 6.09. The number of hydrogen-bond acceptors (Lipinski definition) is 10. The number of carbonyl (C=O) groups excluding carboxylic acids is 2. The zero-order chi connectivity index (χ0) is 31.1. The van der Waals surface area contributed by atoms with Gasteiger partial charge in [-0.05, 0) is 35.4 Å². The summed E-state index contributed by atoms with van der Waals surface area (Å²) in [5.41, 5.74) is 1.10. The number of methoxy groups -OCH3 is 4. The maximum absolute atomic E-state index is 14.3. The molecule has 44 heavy (non-hydrogen) atoms. The summed E-state index contributed by atoms with van der Waals surface area (Å²) in [6.45, 7) is 0. The van der Waals surface area contributed by atoms with E-state index in [1.807, 2.05) is 0 Å². The summed E-state index contributed by atoms with van der Waals surface area (Å²) in [7, 11) is 5.94. The number of phenols is 2. The van der Waals surface area contributed by atoms with Gasteiger partial charge in [-0.15, -0.1) is 0 Å². The molecule has 0 saturated heterocycles. The number of Topliss-reactive ketones (excluding diaryl/α,β-unsaturated/α-hetero) is 2. The van der Waals surface area contributed by atoms with Crippen LogP contribution in [0.4, 0.5) is 0 Å². The van der Waals surface area contributed by atoms with E-state index in [9.17, 15) is 19.8 Å². The van der Waals surface area contributed by atoms with Gasteiger partial charge >= 0.3 is 0 Å². The van der Waals surface area contributed by atoms with E-state index >= 15 is 0 Å². The lowest BCUT2D eigenvalue weighted by molar-refractivity contribution is 0.00727. The van der Waals surface area contributed by atoms with Crippen LogP contribution in [0.5, 0.6) is 46.0 Å². The summed E-state index contributed by atoms with van der Waals surface area (Å²) in [6.07, 6.45) is -2.15. The van der Waals surface area contributed by atoms with Gasteiger partial charge in [0.1, 0.15) is 57.1 Å². The maximum Gasteiger partial charge on any atom is 0.181 e. The Morgan fingerprint density at radius 1 is 0.523 bits per heavy atom. The minimum atomic E-state index is -1.08. The second kappa shape index (κ2) is 11.4. The van der Waals surface area contributed by atoms with Crippen LogP contribution < -0.4 is 28.4 Å². The van der Waals surface area contributed by atoms with Gasteiger partial charge < -0.3 is 38.6 Å². The Bertz CT molecular complexity index is 1600. The number of phenolic OH excluding ortho intramolecular Hbond substituents is 2. The molecule has 2 aliphatic heterocycles. The smallest absolute Gasteiger partial charge is 0.181 e. The van der Waals surface area contributed by atoms with Gasteiger partial charge in [0.05, 0.1) is 40.3 Å². The molecule has 6 rings (SSSR count). The van der Waals surface area contributed by atoms with Crippen molar-refractivity contribution in [1.29, 1.82) is 0 Å². The van der Waals surface area contributed by atoms with Gasteiger partial charge in [0, 0.05) is 24.3 Å². The van der Waals surface area contributed by atoms with Gasteiger partial charge in [0.25, 0.3) is 0 Å². The number of fused-ring (bicyclic) bond motifs is 2. The Balaban J connectivity index is 1.56. The molecule has 4 atom stereocenters. The molecule has 4 aromatic carbocycles. The Kier molecular flexibility index (Phi) is 7.42. The van der Waals surface area contributed by atoms with Crippen LogP contribution in [0.1, 0.15) is 43.7 Å². The first-order valence-corrected chi connectivity index (χ1v) is 13.8. The van der Waals surface area contributed by atoms with Crippen LogP contribution in [0.2, 0.25) is 0 Å². The maximum atomic E-state index is 14.3. The first-order valence-electron chi connectivity index (χ1n) is 13.8. The molecule has 0 spiro atoms. The van der Waals surface area contributed by atoms with E-state index in [1.165, 1.54) is 52.7 Å².